The summed E-state index contributed by atoms with van der Waals surface area (Å²) in [4.78, 5) is 24.0. The number of aromatic nitrogens is 5. The number of pyridine rings is 1. The van der Waals surface area contributed by atoms with Crippen molar-refractivity contribution in [3.05, 3.63) is 48.8 Å². The van der Waals surface area contributed by atoms with Crippen LogP contribution in [0.25, 0.3) is 28.0 Å². The molecule has 0 aliphatic carbocycles. The van der Waals surface area contributed by atoms with Gasteiger partial charge in [-0.15, -0.1) is 0 Å². The molecular formula is C27H32N8O2. The Kier molecular flexibility index (Phi) is 6.25. The second-order valence-corrected chi connectivity index (χ2v) is 9.82. The minimum Gasteiger partial charge on any atom is -0.377 e. The van der Waals surface area contributed by atoms with Gasteiger partial charge in [0.25, 0.3) is 0 Å². The molecule has 2 saturated heterocycles. The molecule has 0 spiro atoms. The third-order valence-electron chi connectivity index (χ3n) is 7.38. The summed E-state index contributed by atoms with van der Waals surface area (Å²) >= 11 is 0. The van der Waals surface area contributed by atoms with Crippen LogP contribution in [0.15, 0.2) is 48.8 Å². The summed E-state index contributed by atoms with van der Waals surface area (Å²) in [5.74, 6) is 1.65. The summed E-state index contributed by atoms with van der Waals surface area (Å²) in [5.41, 5.74) is 3.72. The number of benzene rings is 1. The number of nitrogens with zero attached hydrogens (tertiary/aromatic N) is 7. The minimum absolute atomic E-state index is 0.0585. The van der Waals surface area contributed by atoms with Gasteiger partial charge in [-0.1, -0.05) is 12.1 Å². The lowest BCUT2D eigenvalue weighted by Gasteiger charge is -2.34. The molecule has 192 valence electrons. The number of piperidine rings is 1. The van der Waals surface area contributed by atoms with Gasteiger partial charge in [0.05, 0.1) is 31.6 Å². The van der Waals surface area contributed by atoms with Gasteiger partial charge in [-0.3, -0.25) is 10.00 Å². The van der Waals surface area contributed by atoms with E-state index >= 15 is 0 Å². The van der Waals surface area contributed by atoms with Crippen molar-refractivity contribution in [2.75, 3.05) is 49.7 Å². The second kappa shape index (κ2) is 9.85. The molecule has 2 fully saturated rings. The number of likely N-dealkylation sites (tertiary alicyclic amines) is 1. The van der Waals surface area contributed by atoms with E-state index in [1.165, 1.54) is 6.42 Å². The first-order valence-corrected chi connectivity index (χ1v) is 13.0. The number of H-pyrrole nitrogens is 1. The molecule has 10 nitrogen and oxygen atoms in total. The Hall–Kier alpha value is -3.92. The van der Waals surface area contributed by atoms with Crippen LogP contribution in [-0.4, -0.2) is 81.8 Å². The van der Waals surface area contributed by atoms with Crippen molar-refractivity contribution in [3.63, 3.8) is 0 Å². The lowest BCUT2D eigenvalue weighted by Crippen LogP contribution is -2.44. The van der Waals surface area contributed by atoms with E-state index in [4.69, 9.17) is 9.72 Å². The number of fused-ring (bicyclic) bond motifs is 1. The van der Waals surface area contributed by atoms with Crippen LogP contribution in [0.2, 0.25) is 0 Å². The molecule has 5 heterocycles. The SMILES string of the molecule is C[C@@H]1COCCN1c1cc(-c2ccc(N(C)C(=O)N3CCCCC3)cc2)c2cnn(-c3ccn[nH]3)c2n1. The normalized spacial score (nSPS) is 18.4. The van der Waals surface area contributed by atoms with E-state index < -0.39 is 0 Å². The number of carbonyl (C=O) groups excluding carboxylic acids is 1. The Morgan fingerprint density at radius 2 is 1.92 bits per heavy atom. The zero-order chi connectivity index (χ0) is 25.4. The first-order chi connectivity index (χ1) is 18.1. The van der Waals surface area contributed by atoms with Crippen LogP contribution >= 0.6 is 0 Å². The van der Waals surface area contributed by atoms with Crippen molar-refractivity contribution in [2.24, 2.45) is 0 Å². The molecule has 4 aromatic rings. The monoisotopic (exact) mass is 500 g/mol. The highest BCUT2D eigenvalue weighted by atomic mass is 16.5. The molecule has 2 aliphatic heterocycles. The number of rotatable bonds is 4. The van der Waals surface area contributed by atoms with Crippen molar-refractivity contribution < 1.29 is 9.53 Å². The molecule has 2 amide bonds. The predicted octanol–water partition coefficient (Wildman–Crippen LogP) is 4.08. The number of hydrogen-bond acceptors (Lipinski definition) is 6. The number of carbonyl (C=O) groups is 1. The maximum atomic E-state index is 13.0. The Morgan fingerprint density at radius 1 is 1.11 bits per heavy atom. The van der Waals surface area contributed by atoms with Crippen molar-refractivity contribution in [3.8, 4) is 16.9 Å². The first-order valence-electron chi connectivity index (χ1n) is 13.0. The van der Waals surface area contributed by atoms with Gasteiger partial charge in [0.1, 0.15) is 5.82 Å². The zero-order valence-corrected chi connectivity index (χ0v) is 21.3. The molecule has 10 heteroatoms. The fourth-order valence-corrected chi connectivity index (χ4v) is 5.26. The van der Waals surface area contributed by atoms with Gasteiger partial charge >= 0.3 is 6.03 Å². The molecule has 1 aromatic carbocycles. The van der Waals surface area contributed by atoms with Gasteiger partial charge in [-0.05, 0) is 55.5 Å². The molecule has 0 bridgehead atoms. The fourth-order valence-electron chi connectivity index (χ4n) is 5.26. The lowest BCUT2D eigenvalue weighted by molar-refractivity contribution is 0.0985. The topological polar surface area (TPSA) is 95.4 Å². The standard InChI is InChI=1S/C27H32N8O2/c1-19-18-37-15-14-34(19)25-16-22(23-17-29-35(26(23)30-25)24-10-11-28-31-24)20-6-8-21(9-7-20)32(2)27(36)33-12-4-3-5-13-33/h6-11,16-17,19H,3-5,12-15,18H2,1-2H3,(H,28,31)/t19-/m1/s1. The molecule has 0 saturated carbocycles. The third kappa shape index (κ3) is 4.42. The van der Waals surface area contributed by atoms with Crippen LogP contribution in [0.4, 0.5) is 16.3 Å². The van der Waals surface area contributed by atoms with E-state index in [9.17, 15) is 4.79 Å². The van der Waals surface area contributed by atoms with E-state index in [0.717, 1.165) is 72.0 Å². The molecular weight excluding hydrogens is 468 g/mol. The van der Waals surface area contributed by atoms with E-state index in [2.05, 4.69) is 45.3 Å². The second-order valence-electron chi connectivity index (χ2n) is 9.82. The Labute approximate surface area is 215 Å². The van der Waals surface area contributed by atoms with Gasteiger partial charge in [0.2, 0.25) is 0 Å². The Balaban J connectivity index is 1.38. The fraction of sp³-hybridized carbons (Fsp3) is 0.407. The van der Waals surface area contributed by atoms with E-state index in [-0.39, 0.29) is 12.1 Å². The number of ether oxygens (including phenoxy) is 1. The number of urea groups is 1. The Morgan fingerprint density at radius 3 is 2.65 bits per heavy atom. The highest BCUT2D eigenvalue weighted by molar-refractivity contribution is 5.96. The van der Waals surface area contributed by atoms with Gasteiger partial charge in [-0.25, -0.2) is 9.78 Å². The van der Waals surface area contributed by atoms with Gasteiger partial charge in [0, 0.05) is 43.8 Å². The number of morpholine rings is 1. The van der Waals surface area contributed by atoms with Crippen LogP contribution in [0, 0.1) is 0 Å². The summed E-state index contributed by atoms with van der Waals surface area (Å²) < 4.78 is 7.46. The summed E-state index contributed by atoms with van der Waals surface area (Å²) in [6.45, 7) is 5.94. The lowest BCUT2D eigenvalue weighted by atomic mass is 10.0. The number of anilines is 2. The maximum absolute atomic E-state index is 13.0. The molecule has 1 N–H and O–H groups in total. The van der Waals surface area contributed by atoms with Crippen LogP contribution in [-0.2, 0) is 4.74 Å². The first kappa shape index (κ1) is 23.5. The van der Waals surface area contributed by atoms with Crippen molar-refractivity contribution in [1.29, 1.82) is 0 Å². The summed E-state index contributed by atoms with van der Waals surface area (Å²) in [5, 5.41) is 12.7. The van der Waals surface area contributed by atoms with Crippen LogP contribution in [0.5, 0.6) is 0 Å². The maximum Gasteiger partial charge on any atom is 0.324 e. The van der Waals surface area contributed by atoms with Crippen LogP contribution < -0.4 is 9.80 Å². The summed E-state index contributed by atoms with van der Waals surface area (Å²) in [6, 6.07) is 12.5. The molecule has 1 atom stereocenters. The van der Waals surface area contributed by atoms with Crippen molar-refractivity contribution in [2.45, 2.75) is 32.2 Å². The predicted molar refractivity (Wildman–Crippen MR) is 143 cm³/mol. The van der Waals surface area contributed by atoms with E-state index in [0.29, 0.717) is 13.2 Å². The van der Waals surface area contributed by atoms with Crippen LogP contribution in [0.3, 0.4) is 0 Å². The largest absolute Gasteiger partial charge is 0.377 e. The number of hydrogen-bond donors (Lipinski definition) is 1. The number of nitrogens with one attached hydrogen (secondary N) is 1. The molecule has 3 aromatic heterocycles. The quantitative estimate of drug-likeness (QED) is 0.454. The third-order valence-corrected chi connectivity index (χ3v) is 7.38. The summed E-state index contributed by atoms with van der Waals surface area (Å²) in [6.07, 6.45) is 6.91. The number of amides is 2. The summed E-state index contributed by atoms with van der Waals surface area (Å²) in [7, 11) is 1.85. The van der Waals surface area contributed by atoms with Crippen molar-refractivity contribution >= 4 is 28.6 Å². The highest BCUT2D eigenvalue weighted by Gasteiger charge is 2.24. The smallest absolute Gasteiger partial charge is 0.324 e. The minimum atomic E-state index is 0.0585. The zero-order valence-electron chi connectivity index (χ0n) is 21.3. The highest BCUT2D eigenvalue weighted by Crippen LogP contribution is 2.34. The Bertz CT molecular complexity index is 1380. The average Bonchev–Trinajstić information content (AvgIpc) is 3.63. The average molecular weight is 501 g/mol. The van der Waals surface area contributed by atoms with Gasteiger partial charge < -0.3 is 14.5 Å². The van der Waals surface area contributed by atoms with Crippen LogP contribution in [0.1, 0.15) is 26.2 Å². The van der Waals surface area contributed by atoms with Crippen molar-refractivity contribution in [1.82, 2.24) is 29.9 Å². The van der Waals surface area contributed by atoms with E-state index in [1.54, 1.807) is 15.8 Å². The number of aromatic amines is 1. The molecule has 6 rings (SSSR count). The molecule has 0 unspecified atom stereocenters. The molecule has 2 aliphatic rings. The molecule has 0 radical (unpaired) electrons. The van der Waals surface area contributed by atoms with Gasteiger partial charge in [0.15, 0.2) is 11.5 Å². The van der Waals surface area contributed by atoms with E-state index in [1.807, 2.05) is 36.3 Å². The van der Waals surface area contributed by atoms with Gasteiger partial charge in [-0.2, -0.15) is 14.9 Å². The molecule has 37 heavy (non-hydrogen) atoms.